The molecule has 15 heteroatoms. The molecule has 2 saturated heterocycles. The minimum absolute atomic E-state index is 0.0699. The Bertz CT molecular complexity index is 2380. The lowest BCUT2D eigenvalue weighted by atomic mass is 9.87. The molecule has 2 aliphatic carbocycles. The van der Waals surface area contributed by atoms with Gasteiger partial charge >= 0.3 is 0 Å². The highest BCUT2D eigenvalue weighted by molar-refractivity contribution is 5.95. The van der Waals surface area contributed by atoms with Gasteiger partial charge in [-0.1, -0.05) is 79.4 Å². The van der Waals surface area contributed by atoms with Gasteiger partial charge in [-0.05, 0) is 139 Å². The Hall–Kier alpha value is -6.08. The van der Waals surface area contributed by atoms with Crippen LogP contribution in [0.15, 0.2) is 72.8 Å². The van der Waals surface area contributed by atoms with Gasteiger partial charge in [-0.3, -0.25) is 28.8 Å². The predicted molar refractivity (Wildman–Crippen MR) is 263 cm³/mol. The van der Waals surface area contributed by atoms with Crippen LogP contribution >= 0.6 is 0 Å². The van der Waals surface area contributed by atoms with Gasteiger partial charge in [0.1, 0.15) is 30.8 Å². The zero-order valence-electron chi connectivity index (χ0n) is 40.8. The topological polar surface area (TPSA) is 190 Å². The van der Waals surface area contributed by atoms with Gasteiger partial charge in [0.15, 0.2) is 0 Å². The van der Waals surface area contributed by atoms with Crippen molar-refractivity contribution < 1.29 is 33.5 Å². The van der Waals surface area contributed by atoms with Gasteiger partial charge in [0.05, 0.1) is 30.3 Å². The Morgan fingerprint density at radius 3 is 1.75 bits per heavy atom. The van der Waals surface area contributed by atoms with E-state index in [1.54, 1.807) is 61.9 Å². The van der Waals surface area contributed by atoms with Crippen molar-refractivity contribution >= 4 is 35.4 Å². The van der Waals surface area contributed by atoms with Crippen molar-refractivity contribution in [2.45, 2.75) is 146 Å². The Morgan fingerprint density at radius 1 is 0.667 bits per heavy atom. The number of fused-ring (bicyclic) bond motifs is 2. The van der Waals surface area contributed by atoms with Crippen LogP contribution in [0.5, 0.6) is 0 Å². The molecule has 6 N–H and O–H groups in total. The molecule has 7 rings (SSSR count). The summed E-state index contributed by atoms with van der Waals surface area (Å²) < 4.78 is 6.11. The third kappa shape index (κ3) is 12.4. The van der Waals surface area contributed by atoms with Crippen molar-refractivity contribution in [2.75, 3.05) is 33.3 Å². The maximum Gasteiger partial charge on any atom is 0.250 e. The number of ether oxygens (including phenoxy) is 1. The maximum absolute atomic E-state index is 14.5. The van der Waals surface area contributed by atoms with Crippen LogP contribution in [-0.4, -0.2) is 115 Å². The van der Waals surface area contributed by atoms with Crippen LogP contribution < -0.4 is 31.9 Å². The van der Waals surface area contributed by atoms with Crippen molar-refractivity contribution in [3.8, 4) is 11.8 Å². The zero-order chi connectivity index (χ0) is 49.0. The van der Waals surface area contributed by atoms with E-state index in [1.165, 1.54) is 11.1 Å². The predicted octanol–water partition coefficient (Wildman–Crippen LogP) is 4.06. The van der Waals surface area contributed by atoms with Crippen LogP contribution in [0, 0.1) is 11.8 Å². The molecular formula is C54H70N8O7. The number of hydrogen-bond acceptors (Lipinski definition) is 9. The van der Waals surface area contributed by atoms with Crippen molar-refractivity contribution in [3.63, 3.8) is 0 Å². The van der Waals surface area contributed by atoms with Gasteiger partial charge < -0.3 is 46.4 Å². The quantitative estimate of drug-likeness (QED) is 0.109. The number of aryl methyl sites for hydroxylation is 2. The zero-order valence-corrected chi connectivity index (χ0v) is 40.8. The summed E-state index contributed by atoms with van der Waals surface area (Å²) >= 11 is 0. The van der Waals surface area contributed by atoms with Gasteiger partial charge in [-0.25, -0.2) is 0 Å². The summed E-state index contributed by atoms with van der Waals surface area (Å²) in [6.45, 7) is 8.32. The second-order valence-corrected chi connectivity index (χ2v) is 18.8. The molecule has 0 spiro atoms. The molecule has 3 aromatic rings. The molecule has 0 unspecified atom stereocenters. The van der Waals surface area contributed by atoms with E-state index in [2.05, 4.69) is 68.0 Å². The number of nitrogens with one attached hydrogen (secondary N) is 6. The summed E-state index contributed by atoms with van der Waals surface area (Å²) in [7, 11) is 1.66. The third-order valence-corrected chi connectivity index (χ3v) is 14.2. The fraction of sp³-hybridized carbons (Fsp3) is 0.519. The number of carbonyl (C=O) groups excluding carboxylic acids is 6. The second kappa shape index (κ2) is 24.0. The Balaban J connectivity index is 1.01. The van der Waals surface area contributed by atoms with Gasteiger partial charge in [0, 0.05) is 18.7 Å². The fourth-order valence-electron chi connectivity index (χ4n) is 10.2. The molecule has 0 saturated carbocycles. The highest BCUT2D eigenvalue weighted by Gasteiger charge is 2.42. The number of amides is 6. The summed E-state index contributed by atoms with van der Waals surface area (Å²) in [5, 5.41) is 18.3. The van der Waals surface area contributed by atoms with E-state index in [0.717, 1.165) is 49.7 Å². The normalized spacial score (nSPS) is 21.8. The van der Waals surface area contributed by atoms with Crippen molar-refractivity contribution in [2.24, 2.45) is 0 Å². The number of nitrogens with zero attached hydrogens (tertiary/aromatic N) is 2. The first kappa shape index (κ1) is 50.8. The minimum Gasteiger partial charge on any atom is -0.363 e. The number of rotatable bonds is 17. The van der Waals surface area contributed by atoms with E-state index in [9.17, 15) is 28.8 Å². The van der Waals surface area contributed by atoms with Crippen LogP contribution in [-0.2, 0) is 46.3 Å². The standard InChI is InChI=1S/C54H70N8O7/c1-6-56-35(3)50(64)60-48(54(68)62-32-14-26-46(62)52(66)58-44-24-12-20-39-18-8-10-22-42(39)44)40-29-27-37(28-30-40)16-15-33-69-36(4)47(59-49(63)34(2)55-5)53(67)61-31-13-25-45(61)51(65)57-43-23-11-19-38-17-7-9-21-41(38)43/h7-10,17-18,21-22,27-30,34-36,43-48,55-56H,6,11-14,19-20,23-26,31-33H2,1-5H3,(H,57,65)(H,58,66)(H,59,63)(H,60,64)/t34-,35-,36+,43+,44+,45-,46-,47-,48-/m0/s1. The molecule has 3 aromatic carbocycles. The summed E-state index contributed by atoms with van der Waals surface area (Å²) in [4.78, 5) is 86.4. The number of carbonyl (C=O) groups is 6. The van der Waals surface area contributed by atoms with Crippen molar-refractivity contribution in [1.29, 1.82) is 0 Å². The maximum atomic E-state index is 14.5. The summed E-state index contributed by atoms with van der Waals surface area (Å²) in [6, 6.07) is 18.5. The van der Waals surface area contributed by atoms with Crippen LogP contribution in [0.2, 0.25) is 0 Å². The average molecular weight is 943 g/mol. The molecule has 0 radical (unpaired) electrons. The third-order valence-electron chi connectivity index (χ3n) is 14.2. The van der Waals surface area contributed by atoms with E-state index >= 15 is 0 Å². The first-order valence-electron chi connectivity index (χ1n) is 25.0. The first-order valence-corrected chi connectivity index (χ1v) is 25.0. The van der Waals surface area contributed by atoms with Crippen LogP contribution in [0.25, 0.3) is 0 Å². The van der Waals surface area contributed by atoms with Crippen LogP contribution in [0.4, 0.5) is 0 Å². The SMILES string of the molecule is CCN[C@@H](C)C(=O)N[C@H](C(=O)N1CCC[C@H]1C(=O)N[C@@H]1CCCc2ccccc21)c1ccc(C#CCO[C@H](C)[C@H](NC(=O)[C@H](C)NC)C(=O)N2CCC[C@H]2C(=O)N[C@@H]2CCCc3ccccc32)cc1. The molecule has 4 aliphatic rings. The second-order valence-electron chi connectivity index (χ2n) is 18.8. The number of benzene rings is 3. The lowest BCUT2D eigenvalue weighted by molar-refractivity contribution is -0.145. The van der Waals surface area contributed by atoms with Crippen molar-refractivity contribution in [3.05, 3.63) is 106 Å². The monoisotopic (exact) mass is 943 g/mol. The molecule has 0 bridgehead atoms. The molecule has 2 fully saturated rings. The van der Waals surface area contributed by atoms with Gasteiger partial charge in [-0.2, -0.15) is 0 Å². The van der Waals surface area contributed by atoms with E-state index in [4.69, 9.17) is 4.74 Å². The fourth-order valence-corrected chi connectivity index (χ4v) is 10.2. The van der Waals surface area contributed by atoms with Crippen molar-refractivity contribution in [1.82, 2.24) is 41.7 Å². The Kier molecular flexibility index (Phi) is 17.6. The van der Waals surface area contributed by atoms with Crippen LogP contribution in [0.3, 0.4) is 0 Å². The Morgan fingerprint density at radius 2 is 1.20 bits per heavy atom. The van der Waals surface area contributed by atoms with Crippen LogP contribution in [0.1, 0.15) is 131 Å². The van der Waals surface area contributed by atoms with Gasteiger partial charge in [-0.15, -0.1) is 0 Å². The molecule has 9 atom stereocenters. The summed E-state index contributed by atoms with van der Waals surface area (Å²) in [6.07, 6.45) is 7.09. The first-order chi connectivity index (χ1) is 33.4. The number of hydrogen-bond donors (Lipinski definition) is 6. The summed E-state index contributed by atoms with van der Waals surface area (Å²) in [5.74, 6) is 4.24. The molecular weight excluding hydrogens is 873 g/mol. The highest BCUT2D eigenvalue weighted by atomic mass is 16.5. The smallest absolute Gasteiger partial charge is 0.250 e. The molecule has 368 valence electrons. The van der Waals surface area contributed by atoms with Gasteiger partial charge in [0.25, 0.3) is 0 Å². The van der Waals surface area contributed by atoms with E-state index in [0.29, 0.717) is 56.4 Å². The number of likely N-dealkylation sites (tertiary alicyclic amines) is 2. The molecule has 15 nitrogen and oxygen atoms in total. The number of likely N-dealkylation sites (N-methyl/N-ethyl adjacent to an activating group) is 2. The minimum atomic E-state index is -1.08. The molecule has 69 heavy (non-hydrogen) atoms. The molecule has 6 amide bonds. The summed E-state index contributed by atoms with van der Waals surface area (Å²) in [5.41, 5.74) is 5.87. The largest absolute Gasteiger partial charge is 0.363 e. The lowest BCUT2D eigenvalue weighted by Gasteiger charge is -2.33. The van der Waals surface area contributed by atoms with E-state index in [1.807, 2.05) is 31.2 Å². The lowest BCUT2D eigenvalue weighted by Crippen LogP contribution is -2.59. The molecule has 0 aromatic heterocycles. The molecule has 2 aliphatic heterocycles. The van der Waals surface area contributed by atoms with E-state index < -0.39 is 48.3 Å². The average Bonchev–Trinajstić information content (AvgIpc) is 4.08. The van der Waals surface area contributed by atoms with E-state index in [-0.39, 0.29) is 48.2 Å². The highest BCUT2D eigenvalue weighted by Crippen LogP contribution is 2.32. The Labute approximate surface area is 407 Å². The molecule has 2 heterocycles. The van der Waals surface area contributed by atoms with Gasteiger partial charge in [0.2, 0.25) is 35.4 Å².